The molecule has 2 heterocycles. The summed E-state index contributed by atoms with van der Waals surface area (Å²) in [6.45, 7) is 14.3. The third-order valence-corrected chi connectivity index (χ3v) is 5.56. The zero-order valence-electron chi connectivity index (χ0n) is 23.9. The monoisotopic (exact) mass is 520 g/mol. The van der Waals surface area contributed by atoms with Crippen LogP contribution >= 0.6 is 0 Å². The number of terminal acetylenes is 1. The van der Waals surface area contributed by atoms with Gasteiger partial charge in [-0.25, -0.2) is 0 Å². The van der Waals surface area contributed by atoms with E-state index >= 15 is 0 Å². The van der Waals surface area contributed by atoms with E-state index in [1.54, 1.807) is 24.7 Å². The number of fused-ring (bicyclic) bond motifs is 1. The number of nitrogens with one attached hydrogen (secondary N) is 1. The maximum Gasteiger partial charge on any atom is 0.272 e. The fourth-order valence-electron chi connectivity index (χ4n) is 3.44. The molecule has 1 aromatic carbocycles. The lowest BCUT2D eigenvalue weighted by atomic mass is 9.95. The van der Waals surface area contributed by atoms with E-state index in [9.17, 15) is 14.4 Å². The van der Waals surface area contributed by atoms with Gasteiger partial charge in [0.15, 0.2) is 0 Å². The van der Waals surface area contributed by atoms with Gasteiger partial charge in [-0.3, -0.25) is 19.1 Å². The van der Waals surface area contributed by atoms with E-state index in [1.807, 2.05) is 65.8 Å². The SMILES string of the molecule is C#CC.CC.Cc1ccc(-c2cc3n(n2)CCN(CC(=O)N(C)CCC#N)C3=O)c(NC(=O)C(C)(C)C)c1. The molecule has 0 spiro atoms. The number of hydrogen-bond acceptors (Lipinski definition) is 5. The Morgan fingerprint density at radius 1 is 1.21 bits per heavy atom. The second-order valence-corrected chi connectivity index (χ2v) is 9.63. The largest absolute Gasteiger partial charge is 0.343 e. The van der Waals surface area contributed by atoms with Gasteiger partial charge in [-0.15, -0.1) is 12.3 Å². The predicted molar refractivity (Wildman–Crippen MR) is 150 cm³/mol. The smallest absolute Gasteiger partial charge is 0.272 e. The number of aryl methyl sites for hydroxylation is 1. The van der Waals surface area contributed by atoms with Crippen molar-refractivity contribution in [3.63, 3.8) is 0 Å². The third kappa shape index (κ3) is 8.48. The summed E-state index contributed by atoms with van der Waals surface area (Å²) in [5, 5.41) is 16.3. The highest BCUT2D eigenvalue weighted by Gasteiger charge is 2.29. The molecule has 3 rings (SSSR count). The molecule has 3 amide bonds. The topological polar surface area (TPSA) is 111 Å². The van der Waals surface area contributed by atoms with Gasteiger partial charge in [0, 0.05) is 31.1 Å². The van der Waals surface area contributed by atoms with E-state index in [2.05, 4.69) is 22.8 Å². The number of nitriles is 1. The number of hydrogen-bond donors (Lipinski definition) is 1. The van der Waals surface area contributed by atoms with Crippen molar-refractivity contribution in [3.8, 4) is 29.7 Å². The van der Waals surface area contributed by atoms with Gasteiger partial charge >= 0.3 is 0 Å². The Bertz CT molecular complexity index is 1210. The molecule has 0 atom stereocenters. The lowest BCUT2D eigenvalue weighted by Gasteiger charge is -2.28. The Morgan fingerprint density at radius 2 is 1.84 bits per heavy atom. The third-order valence-electron chi connectivity index (χ3n) is 5.56. The molecular formula is C29H40N6O3. The van der Waals surface area contributed by atoms with Crippen molar-refractivity contribution < 1.29 is 14.4 Å². The van der Waals surface area contributed by atoms with Gasteiger partial charge in [-0.2, -0.15) is 10.4 Å². The number of likely N-dealkylation sites (N-methyl/N-ethyl adjacent to an activating group) is 1. The van der Waals surface area contributed by atoms with Crippen LogP contribution in [0.15, 0.2) is 24.3 Å². The summed E-state index contributed by atoms with van der Waals surface area (Å²) in [6.07, 6.45) is 4.84. The molecule has 1 aromatic heterocycles. The summed E-state index contributed by atoms with van der Waals surface area (Å²) in [5.41, 5.74) is 2.79. The van der Waals surface area contributed by atoms with Crippen molar-refractivity contribution in [2.45, 2.75) is 61.4 Å². The van der Waals surface area contributed by atoms with Crippen molar-refractivity contribution in [2.24, 2.45) is 5.41 Å². The summed E-state index contributed by atoms with van der Waals surface area (Å²) in [4.78, 5) is 41.0. The quantitative estimate of drug-likeness (QED) is 0.570. The van der Waals surface area contributed by atoms with E-state index in [-0.39, 0.29) is 30.7 Å². The number of carbonyl (C=O) groups excluding carboxylic acids is 3. The van der Waals surface area contributed by atoms with Gasteiger partial charge in [0.05, 0.1) is 30.4 Å². The van der Waals surface area contributed by atoms with Crippen LogP contribution in [0.4, 0.5) is 5.69 Å². The first kappa shape index (κ1) is 31.9. The first-order valence-corrected chi connectivity index (χ1v) is 12.7. The number of carbonyl (C=O) groups is 3. The molecule has 0 radical (unpaired) electrons. The molecule has 0 saturated carbocycles. The first-order chi connectivity index (χ1) is 17.9. The molecular weight excluding hydrogens is 480 g/mol. The normalized spacial score (nSPS) is 11.9. The van der Waals surface area contributed by atoms with E-state index in [0.29, 0.717) is 36.7 Å². The van der Waals surface area contributed by atoms with Crippen LogP contribution in [0.1, 0.15) is 64.0 Å². The highest BCUT2D eigenvalue weighted by atomic mass is 16.2. The molecule has 0 fully saturated rings. The average Bonchev–Trinajstić information content (AvgIpc) is 3.30. The zero-order valence-corrected chi connectivity index (χ0v) is 23.9. The van der Waals surface area contributed by atoms with Crippen LogP contribution in [0.3, 0.4) is 0 Å². The first-order valence-electron chi connectivity index (χ1n) is 12.7. The van der Waals surface area contributed by atoms with Crippen molar-refractivity contribution >= 4 is 23.4 Å². The van der Waals surface area contributed by atoms with Gasteiger partial charge in [-0.05, 0) is 31.5 Å². The lowest BCUT2D eigenvalue weighted by molar-refractivity contribution is -0.130. The number of aromatic nitrogens is 2. The minimum absolute atomic E-state index is 0.0430. The van der Waals surface area contributed by atoms with Crippen LogP contribution in [0.25, 0.3) is 11.3 Å². The van der Waals surface area contributed by atoms with Gasteiger partial charge in [-0.1, -0.05) is 46.8 Å². The minimum Gasteiger partial charge on any atom is -0.343 e. The number of benzene rings is 1. The number of nitrogens with zero attached hydrogens (tertiary/aromatic N) is 5. The Hall–Kier alpha value is -4.11. The van der Waals surface area contributed by atoms with E-state index in [0.717, 1.165) is 11.1 Å². The fourth-order valence-corrected chi connectivity index (χ4v) is 3.44. The molecule has 38 heavy (non-hydrogen) atoms. The lowest BCUT2D eigenvalue weighted by Crippen LogP contribution is -2.46. The molecule has 9 nitrogen and oxygen atoms in total. The highest BCUT2D eigenvalue weighted by Crippen LogP contribution is 2.31. The maximum absolute atomic E-state index is 13.1. The molecule has 0 aliphatic carbocycles. The van der Waals surface area contributed by atoms with Gasteiger partial charge in [0.25, 0.3) is 5.91 Å². The van der Waals surface area contributed by atoms with E-state index in [1.165, 1.54) is 9.80 Å². The molecule has 2 aromatic rings. The fraction of sp³-hybridized carbons (Fsp3) is 0.483. The molecule has 0 unspecified atom stereocenters. The number of rotatable bonds is 6. The second kappa shape index (κ2) is 14.6. The second-order valence-electron chi connectivity index (χ2n) is 9.63. The minimum atomic E-state index is -0.558. The Kier molecular flexibility index (Phi) is 12.3. The molecule has 204 valence electrons. The Balaban J connectivity index is 0.00000135. The maximum atomic E-state index is 13.1. The summed E-state index contributed by atoms with van der Waals surface area (Å²) in [6, 6.07) is 9.43. The molecule has 0 bridgehead atoms. The van der Waals surface area contributed by atoms with Crippen molar-refractivity contribution in [1.29, 1.82) is 5.26 Å². The van der Waals surface area contributed by atoms with Crippen molar-refractivity contribution in [2.75, 3.05) is 32.0 Å². The summed E-state index contributed by atoms with van der Waals surface area (Å²) >= 11 is 0. The van der Waals surface area contributed by atoms with Gasteiger partial charge in [0.1, 0.15) is 12.2 Å². The molecule has 1 N–H and O–H groups in total. The van der Waals surface area contributed by atoms with Crippen LogP contribution in [0.5, 0.6) is 0 Å². The molecule has 0 saturated heterocycles. The molecule has 1 aliphatic rings. The molecule has 1 aliphatic heterocycles. The van der Waals surface area contributed by atoms with Crippen LogP contribution in [0, 0.1) is 36.0 Å². The zero-order chi connectivity index (χ0) is 29.0. The Labute approximate surface area is 226 Å². The van der Waals surface area contributed by atoms with Crippen molar-refractivity contribution in [3.05, 3.63) is 35.5 Å². The number of amides is 3. The van der Waals surface area contributed by atoms with E-state index < -0.39 is 5.41 Å². The van der Waals surface area contributed by atoms with Crippen LogP contribution in [-0.2, 0) is 16.1 Å². The van der Waals surface area contributed by atoms with Crippen LogP contribution in [0.2, 0.25) is 0 Å². The van der Waals surface area contributed by atoms with Crippen LogP contribution in [-0.4, -0.2) is 64.0 Å². The van der Waals surface area contributed by atoms with E-state index in [4.69, 9.17) is 5.26 Å². The molecule has 9 heteroatoms. The van der Waals surface area contributed by atoms with Gasteiger partial charge < -0.3 is 15.1 Å². The predicted octanol–water partition coefficient (Wildman–Crippen LogP) is 4.34. The number of anilines is 1. The standard InChI is InChI=1S/C24H30N6O3.C3H4.C2H6/c1-16-7-8-17(18(13-16)26-23(33)24(2,3)4)19-14-20-22(32)29(11-12-30(20)27-19)15-21(31)28(5)10-6-9-25;1-3-2;1-2/h7-8,13-14H,6,10-12,15H2,1-5H3,(H,26,33);1H,2H3;1-2H3. The van der Waals surface area contributed by atoms with Crippen molar-refractivity contribution in [1.82, 2.24) is 19.6 Å². The average molecular weight is 521 g/mol. The van der Waals surface area contributed by atoms with Gasteiger partial charge in [0.2, 0.25) is 11.8 Å². The summed E-state index contributed by atoms with van der Waals surface area (Å²) < 4.78 is 1.65. The van der Waals surface area contributed by atoms with Crippen LogP contribution < -0.4 is 5.32 Å². The summed E-state index contributed by atoms with van der Waals surface area (Å²) in [7, 11) is 1.63. The highest BCUT2D eigenvalue weighted by molar-refractivity contribution is 6.00. The summed E-state index contributed by atoms with van der Waals surface area (Å²) in [5.74, 6) is 1.66. The Morgan fingerprint density at radius 3 is 2.42 bits per heavy atom.